The highest BCUT2D eigenvalue weighted by Gasteiger charge is 2.32. The van der Waals surface area contributed by atoms with Crippen molar-refractivity contribution in [2.24, 2.45) is 11.7 Å². The normalized spacial score (nSPS) is 21.9. The van der Waals surface area contributed by atoms with Crippen LogP contribution < -0.4 is 11.7 Å². The zero-order chi connectivity index (χ0) is 36.8. The second-order valence-electron chi connectivity index (χ2n) is 13.0. The first-order valence-electron chi connectivity index (χ1n) is 17.1. The molecule has 3 aliphatic rings. The molecule has 50 heavy (non-hydrogen) atoms. The maximum atomic E-state index is 12.9. The first-order valence-corrected chi connectivity index (χ1v) is 17.1. The number of nitrogens with two attached hydrogens (primary N) is 2. The van der Waals surface area contributed by atoms with Gasteiger partial charge in [-0.15, -0.1) is 0 Å². The summed E-state index contributed by atoms with van der Waals surface area (Å²) in [5, 5.41) is 43.0. The van der Waals surface area contributed by atoms with E-state index in [0.717, 1.165) is 0 Å². The van der Waals surface area contributed by atoms with Crippen LogP contribution in [-0.4, -0.2) is 225 Å². The molecule has 8 N–H and O–H groups in total. The summed E-state index contributed by atoms with van der Waals surface area (Å²) in [5.74, 6) is 6.66. The number of carboxylic acids is 4. The molecule has 284 valence electrons. The standard InChI is InChI=1S/C30H54N10O10/c31-39-17-13-37(14-18-39)25(41)3-1-23(29(47)48)35-9-5-33(21-27(43)44)7-11-36(12-8-34(6-10-35)22-28(45)46)24(30(49)50)2-4-26(42)38-15-19-40(32)20-16-38/h23-24H,1-22,31-32H2,(H,43,44)(H,45,46)(H,47,48)(H,49,50). The fraction of sp³-hybridized carbons (Fsp3) is 0.800. The molecule has 3 aliphatic heterocycles. The molecule has 2 amide bonds. The third kappa shape index (κ3) is 13.7. The van der Waals surface area contributed by atoms with E-state index in [4.69, 9.17) is 11.7 Å². The van der Waals surface area contributed by atoms with E-state index >= 15 is 0 Å². The topological polar surface area (TPSA) is 261 Å². The lowest BCUT2D eigenvalue weighted by molar-refractivity contribution is -0.146. The van der Waals surface area contributed by atoms with Crippen LogP contribution >= 0.6 is 0 Å². The summed E-state index contributed by atoms with van der Waals surface area (Å²) in [4.78, 5) is 84.3. The zero-order valence-corrected chi connectivity index (χ0v) is 28.7. The van der Waals surface area contributed by atoms with Crippen molar-refractivity contribution in [3.8, 4) is 0 Å². The molecule has 0 spiro atoms. The highest BCUT2D eigenvalue weighted by molar-refractivity contribution is 5.79. The van der Waals surface area contributed by atoms with Crippen LogP contribution in [0.4, 0.5) is 0 Å². The largest absolute Gasteiger partial charge is 0.480 e. The van der Waals surface area contributed by atoms with Crippen molar-refractivity contribution in [1.29, 1.82) is 0 Å². The lowest BCUT2D eigenvalue weighted by atomic mass is 10.1. The van der Waals surface area contributed by atoms with Crippen LogP contribution in [0.3, 0.4) is 0 Å². The van der Waals surface area contributed by atoms with Crippen LogP contribution in [0.5, 0.6) is 0 Å². The average Bonchev–Trinajstić information content (AvgIpc) is 3.04. The summed E-state index contributed by atoms with van der Waals surface area (Å²) in [6.07, 6.45) is -0.0346. The van der Waals surface area contributed by atoms with Gasteiger partial charge in [-0.2, -0.15) is 0 Å². The van der Waals surface area contributed by atoms with Crippen LogP contribution in [0.15, 0.2) is 0 Å². The van der Waals surface area contributed by atoms with Gasteiger partial charge in [-0.05, 0) is 12.8 Å². The summed E-state index contributed by atoms with van der Waals surface area (Å²) in [7, 11) is 0. The minimum absolute atomic E-state index is 0.00354. The van der Waals surface area contributed by atoms with Gasteiger partial charge in [0, 0.05) is 118 Å². The Morgan fingerprint density at radius 3 is 1.02 bits per heavy atom. The van der Waals surface area contributed by atoms with Crippen LogP contribution in [0.2, 0.25) is 0 Å². The first kappa shape index (κ1) is 40.9. The second-order valence-corrected chi connectivity index (χ2v) is 13.0. The molecule has 0 aromatic carbocycles. The van der Waals surface area contributed by atoms with Crippen molar-refractivity contribution in [2.75, 3.05) is 118 Å². The predicted octanol–water partition coefficient (Wildman–Crippen LogP) is -4.12. The average molecular weight is 715 g/mol. The van der Waals surface area contributed by atoms with Crippen LogP contribution in [0, 0.1) is 0 Å². The van der Waals surface area contributed by atoms with Crippen molar-refractivity contribution < 1.29 is 49.2 Å². The fourth-order valence-corrected chi connectivity index (χ4v) is 6.55. The number of hydrogen-bond acceptors (Lipinski definition) is 14. The summed E-state index contributed by atoms with van der Waals surface area (Å²) < 4.78 is 0. The SMILES string of the molecule is NN1CCN(C(=O)CCC(C(=O)O)N2CCN(CC(=O)O)CCN(C(CCC(=O)N3CCN(N)CC3)C(=O)O)CCN(CC(=O)O)CC2)CC1. The number of aliphatic carboxylic acids is 4. The third-order valence-electron chi connectivity index (χ3n) is 9.58. The van der Waals surface area contributed by atoms with Gasteiger partial charge in [0.25, 0.3) is 0 Å². The van der Waals surface area contributed by atoms with Crippen LogP contribution in [0.25, 0.3) is 0 Å². The Hall–Kier alpha value is -3.50. The quantitative estimate of drug-likeness (QED) is 0.0934. The van der Waals surface area contributed by atoms with Crippen molar-refractivity contribution in [3.05, 3.63) is 0 Å². The molecule has 0 bridgehead atoms. The number of rotatable bonds is 14. The zero-order valence-electron chi connectivity index (χ0n) is 28.7. The van der Waals surface area contributed by atoms with Crippen LogP contribution in [-0.2, 0) is 28.8 Å². The van der Waals surface area contributed by atoms with Gasteiger partial charge in [0.05, 0.1) is 13.1 Å². The molecule has 3 heterocycles. The number of carbonyl (C=O) groups is 6. The van der Waals surface area contributed by atoms with Crippen molar-refractivity contribution in [3.63, 3.8) is 0 Å². The molecule has 3 saturated heterocycles. The number of carboxylic acid groups (broad SMARTS) is 4. The number of hydrogen-bond donors (Lipinski definition) is 6. The lowest BCUT2D eigenvalue weighted by Crippen LogP contribution is -2.54. The number of hydrazine groups is 2. The molecule has 20 heteroatoms. The molecule has 2 unspecified atom stereocenters. The van der Waals surface area contributed by atoms with Crippen molar-refractivity contribution in [2.45, 2.75) is 37.8 Å². The summed E-state index contributed by atoms with van der Waals surface area (Å²) in [6.45, 7) is 3.97. The first-order chi connectivity index (χ1) is 23.7. The van der Waals surface area contributed by atoms with Gasteiger partial charge in [-0.1, -0.05) is 0 Å². The monoisotopic (exact) mass is 714 g/mol. The predicted molar refractivity (Wildman–Crippen MR) is 177 cm³/mol. The van der Waals surface area contributed by atoms with Gasteiger partial charge >= 0.3 is 23.9 Å². The Balaban J connectivity index is 1.75. The molecule has 3 rings (SSSR count). The summed E-state index contributed by atoms with van der Waals surface area (Å²) >= 11 is 0. The Bertz CT molecular complexity index is 1060. The highest BCUT2D eigenvalue weighted by Crippen LogP contribution is 2.15. The molecular weight excluding hydrogens is 660 g/mol. The Morgan fingerprint density at radius 1 is 0.460 bits per heavy atom. The minimum Gasteiger partial charge on any atom is -0.480 e. The van der Waals surface area contributed by atoms with Gasteiger partial charge in [0.15, 0.2) is 0 Å². The van der Waals surface area contributed by atoms with Gasteiger partial charge in [0.2, 0.25) is 11.8 Å². The van der Waals surface area contributed by atoms with E-state index in [1.54, 1.807) is 39.4 Å². The van der Waals surface area contributed by atoms with E-state index in [9.17, 15) is 49.2 Å². The van der Waals surface area contributed by atoms with E-state index in [2.05, 4.69) is 0 Å². The third-order valence-corrected chi connectivity index (χ3v) is 9.58. The smallest absolute Gasteiger partial charge is 0.320 e. The Morgan fingerprint density at radius 2 is 0.760 bits per heavy atom. The lowest BCUT2D eigenvalue weighted by Gasteiger charge is -2.37. The van der Waals surface area contributed by atoms with Crippen LogP contribution in [0.1, 0.15) is 25.7 Å². The van der Waals surface area contributed by atoms with E-state index in [0.29, 0.717) is 52.4 Å². The summed E-state index contributed by atoms with van der Waals surface area (Å²) in [5.41, 5.74) is 0. The van der Waals surface area contributed by atoms with Gasteiger partial charge in [-0.25, -0.2) is 10.0 Å². The van der Waals surface area contributed by atoms with E-state index in [-0.39, 0.29) is 103 Å². The number of nitrogens with zero attached hydrogens (tertiary/aromatic N) is 8. The molecule has 0 aromatic heterocycles. The molecule has 20 nitrogen and oxygen atoms in total. The fourth-order valence-electron chi connectivity index (χ4n) is 6.55. The molecule has 3 fully saturated rings. The number of carbonyl (C=O) groups excluding carboxylic acids is 2. The van der Waals surface area contributed by atoms with Gasteiger partial charge < -0.3 is 30.2 Å². The Labute approximate surface area is 291 Å². The summed E-state index contributed by atoms with van der Waals surface area (Å²) in [6, 6.07) is -2.18. The maximum Gasteiger partial charge on any atom is 0.320 e. The van der Waals surface area contributed by atoms with Crippen molar-refractivity contribution >= 4 is 35.7 Å². The maximum absolute atomic E-state index is 12.9. The molecule has 0 radical (unpaired) electrons. The molecule has 0 aliphatic carbocycles. The van der Waals surface area contributed by atoms with Gasteiger partial charge in [-0.3, -0.25) is 60.1 Å². The molecule has 0 saturated carbocycles. The van der Waals surface area contributed by atoms with Gasteiger partial charge in [0.1, 0.15) is 12.1 Å². The van der Waals surface area contributed by atoms with E-state index < -0.39 is 36.0 Å². The van der Waals surface area contributed by atoms with Crippen molar-refractivity contribution in [1.82, 2.24) is 39.4 Å². The number of piperazine rings is 2. The molecular formula is C30H54N10O10. The number of amides is 2. The molecule has 0 aromatic rings. The van der Waals surface area contributed by atoms with E-state index in [1.165, 1.54) is 0 Å². The minimum atomic E-state index is -1.15. The Kier molecular flexibility index (Phi) is 16.7. The second kappa shape index (κ2) is 20.4. The highest BCUT2D eigenvalue weighted by atomic mass is 16.4. The molecule has 2 atom stereocenters. The van der Waals surface area contributed by atoms with E-state index in [1.807, 2.05) is 0 Å².